The maximum atomic E-state index is 10.7. The van der Waals surface area contributed by atoms with Crippen molar-refractivity contribution in [3.8, 4) is 0 Å². The summed E-state index contributed by atoms with van der Waals surface area (Å²) in [7, 11) is 0. The van der Waals surface area contributed by atoms with E-state index in [1.165, 1.54) is 6.26 Å². The van der Waals surface area contributed by atoms with E-state index in [-0.39, 0.29) is 0 Å². The Labute approximate surface area is 74.3 Å². The highest BCUT2D eigenvalue weighted by molar-refractivity contribution is 5.79. The number of nitrogens with zero attached hydrogens (tertiary/aromatic N) is 1. The van der Waals surface area contributed by atoms with Crippen LogP contribution in [0.15, 0.2) is 29.3 Å². The van der Waals surface area contributed by atoms with Crippen molar-refractivity contribution in [2.45, 2.75) is 6.23 Å². The van der Waals surface area contributed by atoms with Gasteiger partial charge in [-0.25, -0.2) is 4.99 Å². The molecule has 66 valence electrons. The molecule has 4 nitrogen and oxygen atoms in total. The molecule has 1 aromatic rings. The largest absolute Gasteiger partial charge is 0.466 e. The van der Waals surface area contributed by atoms with E-state index in [0.29, 0.717) is 0 Å². The minimum Gasteiger partial charge on any atom is -0.466 e. The first-order valence-corrected chi connectivity index (χ1v) is 3.85. The van der Waals surface area contributed by atoms with Crippen LogP contribution in [-0.2, 0) is 9.53 Å². The van der Waals surface area contributed by atoms with Gasteiger partial charge in [-0.3, -0.25) is 4.79 Å². The Kier molecular flexibility index (Phi) is 1.73. The van der Waals surface area contributed by atoms with E-state index < -0.39 is 12.1 Å². The van der Waals surface area contributed by atoms with Crippen LogP contribution < -0.4 is 16.3 Å². The molecule has 1 unspecified atom stereocenters. The number of hydrogen-bond donors (Lipinski definition) is 1. The van der Waals surface area contributed by atoms with Crippen molar-refractivity contribution < 1.29 is 9.53 Å². The molecule has 2 N–H and O–H groups in total. The molecule has 13 heavy (non-hydrogen) atoms. The van der Waals surface area contributed by atoms with Crippen LogP contribution in [0.25, 0.3) is 6.26 Å². The van der Waals surface area contributed by atoms with Crippen LogP contribution >= 0.6 is 0 Å². The van der Waals surface area contributed by atoms with E-state index >= 15 is 0 Å². The monoisotopic (exact) mass is 176 g/mol. The fourth-order valence-corrected chi connectivity index (χ4v) is 1.13. The van der Waals surface area contributed by atoms with Gasteiger partial charge in [0.25, 0.3) is 12.1 Å². The van der Waals surface area contributed by atoms with E-state index in [9.17, 15) is 4.79 Å². The first kappa shape index (κ1) is 7.79. The number of benzene rings is 1. The van der Waals surface area contributed by atoms with Gasteiger partial charge in [-0.1, -0.05) is 12.1 Å². The summed E-state index contributed by atoms with van der Waals surface area (Å²) < 4.78 is 5.00. The Morgan fingerprint density at radius 3 is 3.00 bits per heavy atom. The number of hydrogen-bond acceptors (Lipinski definition) is 3. The lowest BCUT2D eigenvalue weighted by Gasteiger charge is -2.10. The summed E-state index contributed by atoms with van der Waals surface area (Å²) in [5.41, 5.74) is 5.05. The number of primary amides is 1. The fourth-order valence-electron chi connectivity index (χ4n) is 1.13. The predicted octanol–water partition coefficient (Wildman–Crippen LogP) is -1.11. The fraction of sp³-hybridized carbons (Fsp3) is 0.111. The van der Waals surface area contributed by atoms with E-state index in [1.807, 2.05) is 24.3 Å². The van der Waals surface area contributed by atoms with Crippen molar-refractivity contribution in [2.24, 2.45) is 10.7 Å². The Bertz CT molecular complexity index is 453. The molecule has 0 aromatic heterocycles. The third kappa shape index (κ3) is 1.38. The lowest BCUT2D eigenvalue weighted by atomic mass is 10.3. The van der Waals surface area contributed by atoms with Gasteiger partial charge in [-0.15, -0.1) is 0 Å². The second-order valence-electron chi connectivity index (χ2n) is 2.70. The van der Waals surface area contributed by atoms with Crippen LogP contribution in [0.5, 0.6) is 0 Å². The van der Waals surface area contributed by atoms with Crippen LogP contribution in [0.3, 0.4) is 0 Å². The van der Waals surface area contributed by atoms with E-state index in [4.69, 9.17) is 10.5 Å². The molecule has 0 fully saturated rings. The van der Waals surface area contributed by atoms with Gasteiger partial charge in [0.05, 0.1) is 11.6 Å². The van der Waals surface area contributed by atoms with Gasteiger partial charge in [0.2, 0.25) is 0 Å². The summed E-state index contributed by atoms with van der Waals surface area (Å²) >= 11 is 0. The molecule has 1 aliphatic heterocycles. The van der Waals surface area contributed by atoms with Gasteiger partial charge in [0.1, 0.15) is 0 Å². The van der Waals surface area contributed by atoms with Crippen LogP contribution in [0.4, 0.5) is 0 Å². The molecule has 0 saturated heterocycles. The summed E-state index contributed by atoms with van der Waals surface area (Å²) in [5.74, 6) is -0.578. The molecular weight excluding hydrogens is 168 g/mol. The van der Waals surface area contributed by atoms with Crippen LogP contribution in [-0.4, -0.2) is 12.1 Å². The average Bonchev–Trinajstić information content (AvgIpc) is 2.17. The molecule has 1 heterocycles. The lowest BCUT2D eigenvalue weighted by Crippen LogP contribution is -2.38. The number of ether oxygens (including phenoxy) is 1. The van der Waals surface area contributed by atoms with Crippen LogP contribution in [0.1, 0.15) is 0 Å². The zero-order valence-electron chi connectivity index (χ0n) is 6.81. The highest BCUT2D eigenvalue weighted by atomic mass is 16.5. The van der Waals surface area contributed by atoms with Gasteiger partial charge in [-0.2, -0.15) is 0 Å². The summed E-state index contributed by atoms with van der Waals surface area (Å²) in [5, 5.41) is 1.59. The summed E-state index contributed by atoms with van der Waals surface area (Å²) in [6, 6.07) is 7.39. The van der Waals surface area contributed by atoms with Crippen molar-refractivity contribution in [3.05, 3.63) is 34.8 Å². The van der Waals surface area contributed by atoms with Gasteiger partial charge >= 0.3 is 0 Å². The number of amides is 1. The van der Waals surface area contributed by atoms with Crippen molar-refractivity contribution in [1.29, 1.82) is 0 Å². The summed E-state index contributed by atoms with van der Waals surface area (Å²) in [6.07, 6.45) is 0.618. The lowest BCUT2D eigenvalue weighted by molar-refractivity contribution is -0.125. The maximum Gasteiger partial charge on any atom is 0.281 e. The van der Waals surface area contributed by atoms with E-state index in [2.05, 4.69) is 4.99 Å². The van der Waals surface area contributed by atoms with E-state index in [0.717, 1.165) is 10.6 Å². The number of rotatable bonds is 1. The minimum absolute atomic E-state index is 0.578. The van der Waals surface area contributed by atoms with E-state index in [1.54, 1.807) is 0 Å². The normalized spacial score (nSPS) is 18.9. The Hall–Kier alpha value is -1.84. The second kappa shape index (κ2) is 2.90. The molecule has 1 amide bonds. The first-order valence-electron chi connectivity index (χ1n) is 3.85. The third-order valence-electron chi connectivity index (χ3n) is 1.76. The predicted molar refractivity (Wildman–Crippen MR) is 45.8 cm³/mol. The van der Waals surface area contributed by atoms with Gasteiger partial charge in [0.15, 0.2) is 0 Å². The minimum atomic E-state index is -0.880. The summed E-state index contributed by atoms with van der Waals surface area (Å²) in [6.45, 7) is 0. The summed E-state index contributed by atoms with van der Waals surface area (Å²) in [4.78, 5) is 14.8. The van der Waals surface area contributed by atoms with Crippen molar-refractivity contribution in [1.82, 2.24) is 0 Å². The Balaban J connectivity index is 2.55. The molecule has 1 aliphatic rings. The van der Waals surface area contributed by atoms with Gasteiger partial charge in [-0.05, 0) is 12.1 Å². The van der Waals surface area contributed by atoms with Crippen molar-refractivity contribution >= 4 is 12.2 Å². The molecule has 1 atom stereocenters. The number of fused-ring (bicyclic) bond motifs is 1. The molecule has 1 aromatic carbocycles. The molecule has 0 radical (unpaired) electrons. The third-order valence-corrected chi connectivity index (χ3v) is 1.76. The highest BCUT2D eigenvalue weighted by Gasteiger charge is 2.14. The average molecular weight is 176 g/mol. The topological polar surface area (TPSA) is 64.7 Å². The standard InChI is InChI=1S/C9H8N2O2/c10-8(12)9-11-7-4-2-1-3-6(7)5-13-9/h1-5,9H,(H2,10,12). The van der Waals surface area contributed by atoms with Crippen LogP contribution in [0, 0.1) is 0 Å². The molecule has 0 saturated carbocycles. The zero-order chi connectivity index (χ0) is 9.26. The molecule has 2 rings (SSSR count). The molecular formula is C9H8N2O2. The zero-order valence-corrected chi connectivity index (χ0v) is 6.81. The molecule has 0 bridgehead atoms. The number of para-hydroxylation sites is 1. The number of carbonyl (C=O) groups excluding carboxylic acids is 1. The number of nitrogens with two attached hydrogens (primary N) is 1. The number of carbonyl (C=O) groups is 1. The van der Waals surface area contributed by atoms with Crippen molar-refractivity contribution in [3.63, 3.8) is 0 Å². The molecule has 0 aliphatic carbocycles. The molecule has 4 heteroatoms. The highest BCUT2D eigenvalue weighted by Crippen LogP contribution is 1.95. The Morgan fingerprint density at radius 2 is 2.23 bits per heavy atom. The second-order valence-corrected chi connectivity index (χ2v) is 2.70. The Morgan fingerprint density at radius 1 is 1.46 bits per heavy atom. The van der Waals surface area contributed by atoms with Gasteiger partial charge in [0, 0.05) is 5.22 Å². The maximum absolute atomic E-state index is 10.7. The quantitative estimate of drug-likeness (QED) is 0.589. The molecule has 0 spiro atoms. The van der Waals surface area contributed by atoms with Crippen molar-refractivity contribution in [2.75, 3.05) is 0 Å². The van der Waals surface area contributed by atoms with Crippen LogP contribution in [0.2, 0.25) is 0 Å². The first-order chi connectivity index (χ1) is 6.27. The van der Waals surface area contributed by atoms with Gasteiger partial charge < -0.3 is 10.5 Å². The SMILES string of the molecule is NC(=O)C1N=c2ccccc2=CO1. The smallest absolute Gasteiger partial charge is 0.281 e.